The molecule has 0 aliphatic carbocycles. The standard InChI is InChI=1S/C13H18N2O/c1-2-10-11-8-9(4-3-7-14)5-6-12(11)15-13(10)16/h5-6,8,10H,2-4,7,14H2,1H3,(H,15,16). The van der Waals surface area contributed by atoms with E-state index in [1.165, 1.54) is 5.56 Å². The number of nitrogens with one attached hydrogen (secondary N) is 1. The summed E-state index contributed by atoms with van der Waals surface area (Å²) in [4.78, 5) is 11.7. The number of hydrogen-bond acceptors (Lipinski definition) is 2. The molecule has 16 heavy (non-hydrogen) atoms. The SMILES string of the molecule is CCC1C(=O)Nc2ccc(CCCN)cc21. The predicted molar refractivity (Wildman–Crippen MR) is 65.5 cm³/mol. The summed E-state index contributed by atoms with van der Waals surface area (Å²) in [7, 11) is 0. The van der Waals surface area contributed by atoms with Gasteiger partial charge in [0.15, 0.2) is 0 Å². The number of aryl methyl sites for hydroxylation is 1. The monoisotopic (exact) mass is 218 g/mol. The van der Waals surface area contributed by atoms with Crippen molar-refractivity contribution in [1.82, 2.24) is 0 Å². The van der Waals surface area contributed by atoms with Crippen molar-refractivity contribution in [3.05, 3.63) is 29.3 Å². The van der Waals surface area contributed by atoms with Crippen molar-refractivity contribution in [1.29, 1.82) is 0 Å². The zero-order chi connectivity index (χ0) is 11.5. The van der Waals surface area contributed by atoms with Gasteiger partial charge in [-0.15, -0.1) is 0 Å². The minimum atomic E-state index is 0.0350. The molecule has 3 heteroatoms. The van der Waals surface area contributed by atoms with E-state index in [9.17, 15) is 4.79 Å². The molecule has 0 spiro atoms. The normalized spacial score (nSPS) is 18.4. The molecule has 1 amide bonds. The maximum Gasteiger partial charge on any atom is 0.231 e. The Kier molecular flexibility index (Phi) is 3.25. The highest BCUT2D eigenvalue weighted by molar-refractivity contribution is 6.02. The highest BCUT2D eigenvalue weighted by Gasteiger charge is 2.28. The van der Waals surface area contributed by atoms with Gasteiger partial charge in [0.2, 0.25) is 5.91 Å². The van der Waals surface area contributed by atoms with Crippen LogP contribution in [0.25, 0.3) is 0 Å². The molecule has 1 aromatic rings. The van der Waals surface area contributed by atoms with Crippen LogP contribution in [0.3, 0.4) is 0 Å². The molecule has 0 bridgehead atoms. The summed E-state index contributed by atoms with van der Waals surface area (Å²) >= 11 is 0. The molecular weight excluding hydrogens is 200 g/mol. The molecule has 86 valence electrons. The highest BCUT2D eigenvalue weighted by atomic mass is 16.2. The van der Waals surface area contributed by atoms with Crippen LogP contribution in [-0.4, -0.2) is 12.5 Å². The van der Waals surface area contributed by atoms with Crippen LogP contribution in [0, 0.1) is 0 Å². The van der Waals surface area contributed by atoms with E-state index in [1.807, 2.05) is 13.0 Å². The molecule has 1 atom stereocenters. The van der Waals surface area contributed by atoms with Crippen LogP contribution in [0.15, 0.2) is 18.2 Å². The first-order valence-electron chi connectivity index (χ1n) is 5.90. The van der Waals surface area contributed by atoms with Crippen molar-refractivity contribution < 1.29 is 4.79 Å². The zero-order valence-electron chi connectivity index (χ0n) is 9.62. The third-order valence-corrected chi connectivity index (χ3v) is 3.14. The minimum Gasteiger partial charge on any atom is -0.330 e. The van der Waals surface area contributed by atoms with E-state index in [-0.39, 0.29) is 11.8 Å². The van der Waals surface area contributed by atoms with Gasteiger partial charge in [-0.05, 0) is 43.0 Å². The molecule has 1 aromatic carbocycles. The number of carbonyl (C=O) groups is 1. The average molecular weight is 218 g/mol. The van der Waals surface area contributed by atoms with E-state index >= 15 is 0 Å². The number of fused-ring (bicyclic) bond motifs is 1. The Morgan fingerprint density at radius 2 is 2.25 bits per heavy atom. The van der Waals surface area contributed by atoms with E-state index in [2.05, 4.69) is 17.4 Å². The summed E-state index contributed by atoms with van der Waals surface area (Å²) in [5, 5.41) is 2.92. The van der Waals surface area contributed by atoms with E-state index in [1.54, 1.807) is 0 Å². The Balaban J connectivity index is 2.25. The molecule has 2 rings (SSSR count). The van der Waals surface area contributed by atoms with E-state index < -0.39 is 0 Å². The number of carbonyl (C=O) groups excluding carboxylic acids is 1. The fourth-order valence-electron chi connectivity index (χ4n) is 2.24. The summed E-state index contributed by atoms with van der Waals surface area (Å²) < 4.78 is 0. The van der Waals surface area contributed by atoms with Crippen LogP contribution < -0.4 is 11.1 Å². The fourth-order valence-corrected chi connectivity index (χ4v) is 2.24. The maximum atomic E-state index is 11.7. The Morgan fingerprint density at radius 1 is 1.44 bits per heavy atom. The summed E-state index contributed by atoms with van der Waals surface area (Å²) in [6, 6.07) is 6.23. The Hall–Kier alpha value is -1.35. The van der Waals surface area contributed by atoms with Gasteiger partial charge < -0.3 is 11.1 Å². The summed E-state index contributed by atoms with van der Waals surface area (Å²) in [5.41, 5.74) is 8.91. The van der Waals surface area contributed by atoms with Crippen LogP contribution >= 0.6 is 0 Å². The molecule has 1 aliphatic heterocycles. The number of benzene rings is 1. The molecule has 0 saturated carbocycles. The quantitative estimate of drug-likeness (QED) is 0.812. The van der Waals surface area contributed by atoms with Gasteiger partial charge in [0.1, 0.15) is 0 Å². The molecule has 1 unspecified atom stereocenters. The second kappa shape index (κ2) is 4.66. The van der Waals surface area contributed by atoms with Gasteiger partial charge >= 0.3 is 0 Å². The van der Waals surface area contributed by atoms with Crippen molar-refractivity contribution in [3.63, 3.8) is 0 Å². The average Bonchev–Trinajstić information content (AvgIpc) is 2.61. The minimum absolute atomic E-state index is 0.0350. The van der Waals surface area contributed by atoms with E-state index in [4.69, 9.17) is 5.73 Å². The van der Waals surface area contributed by atoms with Crippen molar-refractivity contribution in [3.8, 4) is 0 Å². The first-order valence-corrected chi connectivity index (χ1v) is 5.90. The van der Waals surface area contributed by atoms with Gasteiger partial charge in [-0.1, -0.05) is 19.1 Å². The van der Waals surface area contributed by atoms with Gasteiger partial charge in [-0.3, -0.25) is 4.79 Å². The number of rotatable bonds is 4. The van der Waals surface area contributed by atoms with Crippen molar-refractivity contribution in [2.75, 3.05) is 11.9 Å². The molecule has 0 fully saturated rings. The molecule has 3 N–H and O–H groups in total. The molecule has 0 radical (unpaired) electrons. The fraction of sp³-hybridized carbons (Fsp3) is 0.462. The van der Waals surface area contributed by atoms with Crippen molar-refractivity contribution in [2.24, 2.45) is 5.73 Å². The van der Waals surface area contributed by atoms with Crippen LogP contribution in [0.5, 0.6) is 0 Å². The lowest BCUT2D eigenvalue weighted by Gasteiger charge is -2.07. The summed E-state index contributed by atoms with van der Waals surface area (Å²) in [6.45, 7) is 2.76. The lowest BCUT2D eigenvalue weighted by molar-refractivity contribution is -0.117. The van der Waals surface area contributed by atoms with Crippen LogP contribution in [-0.2, 0) is 11.2 Å². The van der Waals surface area contributed by atoms with Gasteiger partial charge in [0, 0.05) is 5.69 Å². The third kappa shape index (κ3) is 1.95. The van der Waals surface area contributed by atoms with Crippen LogP contribution in [0.4, 0.5) is 5.69 Å². The zero-order valence-corrected chi connectivity index (χ0v) is 9.62. The summed E-state index contributed by atoms with van der Waals surface area (Å²) in [6.07, 6.45) is 2.85. The first-order chi connectivity index (χ1) is 7.76. The third-order valence-electron chi connectivity index (χ3n) is 3.14. The number of anilines is 1. The Labute approximate surface area is 96.0 Å². The molecular formula is C13H18N2O. The van der Waals surface area contributed by atoms with Crippen molar-refractivity contribution in [2.45, 2.75) is 32.1 Å². The number of nitrogens with two attached hydrogens (primary N) is 1. The molecule has 3 nitrogen and oxygen atoms in total. The molecule has 0 aromatic heterocycles. The smallest absolute Gasteiger partial charge is 0.231 e. The van der Waals surface area contributed by atoms with Gasteiger partial charge in [-0.2, -0.15) is 0 Å². The van der Waals surface area contributed by atoms with Crippen molar-refractivity contribution >= 4 is 11.6 Å². The second-order valence-electron chi connectivity index (χ2n) is 4.26. The maximum absolute atomic E-state index is 11.7. The van der Waals surface area contributed by atoms with Crippen LogP contribution in [0.2, 0.25) is 0 Å². The molecule has 1 heterocycles. The lowest BCUT2D eigenvalue weighted by Crippen LogP contribution is -2.10. The second-order valence-corrected chi connectivity index (χ2v) is 4.26. The van der Waals surface area contributed by atoms with E-state index in [0.717, 1.165) is 30.5 Å². The number of amides is 1. The first kappa shape index (κ1) is 11.1. The van der Waals surface area contributed by atoms with E-state index in [0.29, 0.717) is 6.54 Å². The Bertz CT molecular complexity index is 401. The molecule has 1 aliphatic rings. The molecule has 0 saturated heterocycles. The largest absolute Gasteiger partial charge is 0.330 e. The lowest BCUT2D eigenvalue weighted by atomic mass is 9.95. The van der Waals surface area contributed by atoms with Crippen LogP contribution in [0.1, 0.15) is 36.8 Å². The van der Waals surface area contributed by atoms with Gasteiger partial charge in [0.05, 0.1) is 5.92 Å². The van der Waals surface area contributed by atoms with Gasteiger partial charge in [-0.25, -0.2) is 0 Å². The Morgan fingerprint density at radius 3 is 2.94 bits per heavy atom. The summed E-state index contributed by atoms with van der Waals surface area (Å²) in [5.74, 6) is 0.168. The van der Waals surface area contributed by atoms with Gasteiger partial charge in [0.25, 0.3) is 0 Å². The highest BCUT2D eigenvalue weighted by Crippen LogP contribution is 2.35. The number of hydrogen-bond donors (Lipinski definition) is 2. The topological polar surface area (TPSA) is 55.1 Å². The predicted octanol–water partition coefficient (Wildman–Crippen LogP) is 2.02.